The van der Waals surface area contributed by atoms with E-state index in [2.05, 4.69) is 0 Å². The summed E-state index contributed by atoms with van der Waals surface area (Å²) in [4.78, 5) is 29.8. The Kier molecular flexibility index (Phi) is 5.90. The standard InChI is InChI=1S/C24H24N2O2/c1-18-11-10-12-19(2)23(18)26(24(28)20-13-6-4-7-14-20)22(27)17-25(3)21-15-8-5-9-16-21/h4-16H,17H2,1-3H3. The molecule has 3 rings (SSSR count). The highest BCUT2D eigenvalue weighted by Gasteiger charge is 2.28. The second-order valence-corrected chi connectivity index (χ2v) is 6.83. The molecule has 3 aromatic rings. The van der Waals surface area contributed by atoms with Gasteiger partial charge in [-0.25, -0.2) is 4.90 Å². The number of hydrogen-bond acceptors (Lipinski definition) is 3. The molecule has 28 heavy (non-hydrogen) atoms. The van der Waals surface area contributed by atoms with Crippen LogP contribution in [0.5, 0.6) is 0 Å². The first-order chi connectivity index (χ1) is 13.5. The van der Waals surface area contributed by atoms with Gasteiger partial charge in [0.1, 0.15) is 0 Å². The number of carbonyl (C=O) groups excluding carboxylic acids is 2. The van der Waals surface area contributed by atoms with Gasteiger partial charge in [-0.3, -0.25) is 9.59 Å². The Morgan fingerprint density at radius 3 is 1.86 bits per heavy atom. The van der Waals surface area contributed by atoms with Gasteiger partial charge < -0.3 is 4.90 Å². The van der Waals surface area contributed by atoms with Gasteiger partial charge in [-0.2, -0.15) is 0 Å². The molecule has 0 fully saturated rings. The summed E-state index contributed by atoms with van der Waals surface area (Å²) in [5, 5.41) is 0. The molecule has 2 amide bonds. The van der Waals surface area contributed by atoms with Crippen LogP contribution in [0.4, 0.5) is 11.4 Å². The predicted molar refractivity (Wildman–Crippen MR) is 114 cm³/mol. The smallest absolute Gasteiger partial charge is 0.265 e. The fourth-order valence-corrected chi connectivity index (χ4v) is 3.26. The Morgan fingerprint density at radius 2 is 1.29 bits per heavy atom. The molecule has 3 aromatic carbocycles. The summed E-state index contributed by atoms with van der Waals surface area (Å²) in [6.07, 6.45) is 0. The quantitative estimate of drug-likeness (QED) is 0.656. The molecule has 0 atom stereocenters. The monoisotopic (exact) mass is 372 g/mol. The lowest BCUT2D eigenvalue weighted by molar-refractivity contribution is -0.116. The molecule has 0 aliphatic carbocycles. The maximum absolute atomic E-state index is 13.3. The zero-order valence-electron chi connectivity index (χ0n) is 16.4. The lowest BCUT2D eigenvalue weighted by Gasteiger charge is -2.27. The third-order valence-electron chi connectivity index (χ3n) is 4.71. The second-order valence-electron chi connectivity index (χ2n) is 6.83. The van der Waals surface area contributed by atoms with Gasteiger partial charge in [-0.1, -0.05) is 54.6 Å². The van der Waals surface area contributed by atoms with Crippen LogP contribution in [0.1, 0.15) is 21.5 Å². The van der Waals surface area contributed by atoms with Gasteiger partial charge in [-0.05, 0) is 49.2 Å². The summed E-state index contributed by atoms with van der Waals surface area (Å²) in [6.45, 7) is 3.93. The van der Waals surface area contributed by atoms with Crippen molar-refractivity contribution < 1.29 is 9.59 Å². The van der Waals surface area contributed by atoms with E-state index < -0.39 is 0 Å². The Hall–Kier alpha value is -3.40. The number of carbonyl (C=O) groups is 2. The minimum atomic E-state index is -0.315. The van der Waals surface area contributed by atoms with Crippen molar-refractivity contribution >= 4 is 23.2 Å². The lowest BCUT2D eigenvalue weighted by Crippen LogP contribution is -2.43. The molecule has 0 aliphatic heterocycles. The Bertz CT molecular complexity index is 948. The van der Waals surface area contributed by atoms with E-state index in [9.17, 15) is 9.59 Å². The zero-order chi connectivity index (χ0) is 20.1. The molecule has 4 heteroatoms. The molecule has 0 radical (unpaired) electrons. The van der Waals surface area contributed by atoms with Crippen LogP contribution in [0, 0.1) is 13.8 Å². The highest BCUT2D eigenvalue weighted by Crippen LogP contribution is 2.27. The first kappa shape index (κ1) is 19.4. The maximum atomic E-state index is 13.3. The average molecular weight is 372 g/mol. The molecule has 142 valence electrons. The minimum Gasteiger partial charge on any atom is -0.365 e. The van der Waals surface area contributed by atoms with Crippen LogP contribution in [0.25, 0.3) is 0 Å². The number of nitrogens with zero attached hydrogens (tertiary/aromatic N) is 2. The van der Waals surface area contributed by atoms with Crippen LogP contribution in [-0.2, 0) is 4.79 Å². The first-order valence-corrected chi connectivity index (χ1v) is 9.24. The Balaban J connectivity index is 1.99. The van der Waals surface area contributed by atoms with Gasteiger partial charge in [0.05, 0.1) is 12.2 Å². The molecule has 0 N–H and O–H groups in total. The Morgan fingerprint density at radius 1 is 0.750 bits per heavy atom. The van der Waals surface area contributed by atoms with Crippen molar-refractivity contribution in [1.82, 2.24) is 0 Å². The van der Waals surface area contributed by atoms with Crippen molar-refractivity contribution in [3.63, 3.8) is 0 Å². The molecule has 0 aliphatic rings. The summed E-state index contributed by atoms with van der Waals surface area (Å²) in [5.74, 6) is -0.581. The molecule has 0 spiro atoms. The third kappa shape index (κ3) is 4.12. The van der Waals surface area contributed by atoms with Crippen LogP contribution >= 0.6 is 0 Å². The van der Waals surface area contributed by atoms with Crippen molar-refractivity contribution in [1.29, 1.82) is 0 Å². The largest absolute Gasteiger partial charge is 0.365 e. The number of hydrogen-bond donors (Lipinski definition) is 0. The minimum absolute atomic E-state index is 0.0936. The Labute approximate surface area is 166 Å². The number of para-hydroxylation sites is 2. The number of imide groups is 1. The first-order valence-electron chi connectivity index (χ1n) is 9.24. The van der Waals surface area contributed by atoms with Crippen LogP contribution in [0.2, 0.25) is 0 Å². The van der Waals surface area contributed by atoms with Crippen molar-refractivity contribution in [2.24, 2.45) is 0 Å². The molecular weight excluding hydrogens is 348 g/mol. The van der Waals surface area contributed by atoms with Gasteiger partial charge in [-0.15, -0.1) is 0 Å². The fourth-order valence-electron chi connectivity index (χ4n) is 3.26. The molecular formula is C24H24N2O2. The maximum Gasteiger partial charge on any atom is 0.265 e. The van der Waals surface area contributed by atoms with Crippen molar-refractivity contribution in [2.75, 3.05) is 23.4 Å². The SMILES string of the molecule is Cc1cccc(C)c1N(C(=O)CN(C)c1ccccc1)C(=O)c1ccccc1. The molecule has 0 aromatic heterocycles. The molecule has 0 heterocycles. The van der Waals surface area contributed by atoms with Crippen LogP contribution in [0.3, 0.4) is 0 Å². The second kappa shape index (κ2) is 8.53. The predicted octanol–water partition coefficient (Wildman–Crippen LogP) is 4.61. The molecule has 0 saturated heterocycles. The number of aryl methyl sites for hydroxylation is 2. The van der Waals surface area contributed by atoms with Crippen LogP contribution in [-0.4, -0.2) is 25.4 Å². The van der Waals surface area contributed by atoms with E-state index in [1.54, 1.807) is 24.3 Å². The average Bonchev–Trinajstić information content (AvgIpc) is 2.71. The normalized spacial score (nSPS) is 10.4. The molecule has 0 saturated carbocycles. The van der Waals surface area contributed by atoms with Gasteiger partial charge >= 0.3 is 0 Å². The topological polar surface area (TPSA) is 40.6 Å². The van der Waals surface area contributed by atoms with E-state index in [0.717, 1.165) is 16.8 Å². The van der Waals surface area contributed by atoms with Crippen molar-refractivity contribution in [2.45, 2.75) is 13.8 Å². The summed E-state index contributed by atoms with van der Waals surface area (Å²) in [7, 11) is 1.85. The summed E-state index contributed by atoms with van der Waals surface area (Å²) in [5.41, 5.74) is 3.84. The van der Waals surface area contributed by atoms with Crippen LogP contribution in [0.15, 0.2) is 78.9 Å². The van der Waals surface area contributed by atoms with Gasteiger partial charge in [0.15, 0.2) is 0 Å². The van der Waals surface area contributed by atoms with E-state index in [1.165, 1.54) is 4.90 Å². The summed E-state index contributed by atoms with van der Waals surface area (Å²) in [6, 6.07) is 24.4. The fraction of sp³-hybridized carbons (Fsp3) is 0.167. The third-order valence-corrected chi connectivity index (χ3v) is 4.71. The highest BCUT2D eigenvalue weighted by atomic mass is 16.2. The van der Waals surface area contributed by atoms with E-state index in [-0.39, 0.29) is 18.4 Å². The van der Waals surface area contributed by atoms with Gasteiger partial charge in [0.2, 0.25) is 0 Å². The summed E-state index contributed by atoms with van der Waals surface area (Å²) >= 11 is 0. The number of anilines is 2. The van der Waals surface area contributed by atoms with E-state index >= 15 is 0 Å². The summed E-state index contributed by atoms with van der Waals surface area (Å²) < 4.78 is 0. The zero-order valence-corrected chi connectivity index (χ0v) is 16.4. The molecule has 0 unspecified atom stereocenters. The van der Waals surface area contributed by atoms with Crippen molar-refractivity contribution in [3.05, 3.63) is 95.6 Å². The number of rotatable bonds is 5. The lowest BCUT2D eigenvalue weighted by atomic mass is 10.1. The number of benzene rings is 3. The highest BCUT2D eigenvalue weighted by molar-refractivity contribution is 6.22. The van der Waals surface area contributed by atoms with Crippen LogP contribution < -0.4 is 9.80 Å². The molecule has 0 bridgehead atoms. The van der Waals surface area contributed by atoms with E-state index in [0.29, 0.717) is 11.3 Å². The molecule has 4 nitrogen and oxygen atoms in total. The number of amides is 2. The van der Waals surface area contributed by atoms with Crippen molar-refractivity contribution in [3.8, 4) is 0 Å². The number of likely N-dealkylation sites (N-methyl/N-ethyl adjacent to an activating group) is 1. The van der Waals surface area contributed by atoms with Gasteiger partial charge in [0.25, 0.3) is 11.8 Å². The van der Waals surface area contributed by atoms with E-state index in [4.69, 9.17) is 0 Å². The van der Waals surface area contributed by atoms with E-state index in [1.807, 2.05) is 80.4 Å². The van der Waals surface area contributed by atoms with Gasteiger partial charge in [0, 0.05) is 18.3 Å².